The first kappa shape index (κ1) is 32.3. The van der Waals surface area contributed by atoms with Gasteiger partial charge in [-0.05, 0) is 73.7 Å². The number of aromatic hydroxyl groups is 1. The molecule has 12 heteroatoms. The molecule has 4 N–H and O–H groups in total. The van der Waals surface area contributed by atoms with Crippen LogP contribution < -0.4 is 10.9 Å². The van der Waals surface area contributed by atoms with Crippen LogP contribution in [0.5, 0.6) is 5.75 Å². The van der Waals surface area contributed by atoms with Crippen LogP contribution in [0.1, 0.15) is 50.2 Å². The van der Waals surface area contributed by atoms with E-state index in [-0.39, 0.29) is 23.8 Å². The number of nitrogens with one attached hydrogen (secondary N) is 2. The number of alkyl halides is 2. The zero-order chi connectivity index (χ0) is 32.5. The van der Waals surface area contributed by atoms with E-state index >= 15 is 0 Å². The molecule has 9 nitrogen and oxygen atoms in total. The molecule has 0 bridgehead atoms. The SMILES string of the molecule is Cc1ccc(C(=O)N2CC(F)(F)OC3(CCN(Cc4cccc(CCNCC(O)c5ccc(O)c6[nH]c(=O)ccc56)c4)CC3)C2)s1. The number of nitrogens with zero attached hydrogens (tertiary/aromatic N) is 2. The van der Waals surface area contributed by atoms with Gasteiger partial charge in [-0.15, -0.1) is 11.3 Å². The zero-order valence-corrected chi connectivity index (χ0v) is 26.4. The number of aromatic amines is 1. The number of carbonyl (C=O) groups is 1. The van der Waals surface area contributed by atoms with Crippen molar-refractivity contribution in [1.29, 1.82) is 0 Å². The van der Waals surface area contributed by atoms with Crippen LogP contribution in [0.2, 0.25) is 0 Å². The molecule has 2 saturated heterocycles. The Kier molecular flexibility index (Phi) is 9.26. The van der Waals surface area contributed by atoms with E-state index in [1.54, 1.807) is 18.2 Å². The minimum Gasteiger partial charge on any atom is -0.506 e. The molecule has 2 aromatic carbocycles. The number of fused-ring (bicyclic) bond motifs is 1. The van der Waals surface area contributed by atoms with E-state index in [4.69, 9.17) is 4.74 Å². The smallest absolute Gasteiger partial charge is 0.373 e. The number of amides is 1. The minimum atomic E-state index is -3.39. The lowest BCUT2D eigenvalue weighted by molar-refractivity contribution is -0.332. The van der Waals surface area contributed by atoms with Crippen molar-refractivity contribution in [2.45, 2.75) is 50.5 Å². The van der Waals surface area contributed by atoms with Crippen LogP contribution in [0.25, 0.3) is 10.9 Å². The molecule has 244 valence electrons. The van der Waals surface area contributed by atoms with Gasteiger partial charge in [0, 0.05) is 42.5 Å². The molecule has 0 radical (unpaired) electrons. The normalized spacial score (nSPS) is 18.7. The van der Waals surface area contributed by atoms with E-state index < -0.39 is 24.4 Å². The number of aromatic nitrogens is 1. The molecule has 4 heterocycles. The van der Waals surface area contributed by atoms with Gasteiger partial charge in [0.15, 0.2) is 0 Å². The fourth-order valence-electron chi connectivity index (χ4n) is 6.51. The highest BCUT2D eigenvalue weighted by molar-refractivity contribution is 7.13. The second kappa shape index (κ2) is 13.2. The molecular formula is C34H38F2N4O5S. The van der Waals surface area contributed by atoms with Gasteiger partial charge < -0.3 is 30.2 Å². The van der Waals surface area contributed by atoms with Crippen molar-refractivity contribution in [1.82, 2.24) is 20.1 Å². The van der Waals surface area contributed by atoms with Crippen molar-refractivity contribution in [3.8, 4) is 5.75 Å². The molecule has 46 heavy (non-hydrogen) atoms. The van der Waals surface area contributed by atoms with Crippen LogP contribution in [-0.2, 0) is 17.7 Å². The van der Waals surface area contributed by atoms with Crippen molar-refractivity contribution < 1.29 is 28.5 Å². The van der Waals surface area contributed by atoms with E-state index in [9.17, 15) is 28.6 Å². The Balaban J connectivity index is 0.997. The average Bonchev–Trinajstić information content (AvgIpc) is 3.46. The highest BCUT2D eigenvalue weighted by atomic mass is 32.1. The summed E-state index contributed by atoms with van der Waals surface area (Å²) in [5.74, 6) is -0.414. The van der Waals surface area contributed by atoms with Gasteiger partial charge in [-0.25, -0.2) is 0 Å². The number of likely N-dealkylation sites (tertiary alicyclic amines) is 1. The summed E-state index contributed by atoms with van der Waals surface area (Å²) in [6, 6.07) is 17.9. The predicted molar refractivity (Wildman–Crippen MR) is 172 cm³/mol. The summed E-state index contributed by atoms with van der Waals surface area (Å²) in [7, 11) is 0. The Morgan fingerprint density at radius 3 is 2.63 bits per heavy atom. The van der Waals surface area contributed by atoms with Gasteiger partial charge in [-0.2, -0.15) is 8.78 Å². The van der Waals surface area contributed by atoms with Gasteiger partial charge in [-0.3, -0.25) is 14.5 Å². The lowest BCUT2D eigenvalue weighted by atomic mass is 9.88. The molecule has 2 aromatic heterocycles. The van der Waals surface area contributed by atoms with Crippen LogP contribution in [0, 0.1) is 6.92 Å². The maximum Gasteiger partial charge on any atom is 0.373 e. The Morgan fingerprint density at radius 1 is 1.09 bits per heavy atom. The van der Waals surface area contributed by atoms with E-state index in [0.29, 0.717) is 66.9 Å². The number of aliphatic hydroxyl groups is 1. The van der Waals surface area contributed by atoms with Gasteiger partial charge in [0.05, 0.1) is 28.6 Å². The summed E-state index contributed by atoms with van der Waals surface area (Å²) >= 11 is 1.32. The van der Waals surface area contributed by atoms with Gasteiger partial charge in [0.1, 0.15) is 12.3 Å². The summed E-state index contributed by atoms with van der Waals surface area (Å²) in [6.45, 7) is 4.09. The number of benzene rings is 2. The zero-order valence-electron chi connectivity index (χ0n) is 25.6. The van der Waals surface area contributed by atoms with Gasteiger partial charge >= 0.3 is 6.11 Å². The first-order valence-corrected chi connectivity index (χ1v) is 16.3. The number of hydrogen-bond acceptors (Lipinski definition) is 8. The third-order valence-corrected chi connectivity index (χ3v) is 9.81. The third-order valence-electron chi connectivity index (χ3n) is 8.82. The van der Waals surface area contributed by atoms with E-state index in [0.717, 1.165) is 22.4 Å². The van der Waals surface area contributed by atoms with E-state index in [2.05, 4.69) is 33.4 Å². The van der Waals surface area contributed by atoms with Crippen molar-refractivity contribution in [3.05, 3.63) is 97.5 Å². The lowest BCUT2D eigenvalue weighted by Crippen LogP contribution is -2.62. The van der Waals surface area contributed by atoms with Crippen LogP contribution >= 0.6 is 11.3 Å². The molecule has 2 aliphatic rings. The quantitative estimate of drug-likeness (QED) is 0.196. The molecule has 0 saturated carbocycles. The molecule has 1 unspecified atom stereocenters. The van der Waals surface area contributed by atoms with Crippen molar-refractivity contribution in [2.75, 3.05) is 39.3 Å². The Labute approximate surface area is 269 Å². The van der Waals surface area contributed by atoms with Crippen LogP contribution in [0.15, 0.2) is 65.5 Å². The van der Waals surface area contributed by atoms with Crippen molar-refractivity contribution in [3.63, 3.8) is 0 Å². The molecular weight excluding hydrogens is 614 g/mol. The number of pyridine rings is 1. The number of morpholine rings is 1. The van der Waals surface area contributed by atoms with Crippen LogP contribution in [0.3, 0.4) is 0 Å². The van der Waals surface area contributed by atoms with Gasteiger partial charge in [0.25, 0.3) is 5.91 Å². The van der Waals surface area contributed by atoms with E-state index in [1.807, 2.05) is 19.1 Å². The molecule has 1 amide bonds. The standard InChI is InChI=1S/C34H38F2N4O5S/c1-22-5-9-29(46-22)32(44)40-20-33(45-34(35,36)21-40)12-15-39(16-13-33)19-24-4-2-3-23(17-24)11-14-37-18-28(42)25-6-8-27(41)31-26(25)7-10-30(43)38-31/h2-10,17,28,37,41-42H,11-16,18-21H2,1H3,(H,38,43). The molecule has 6 rings (SSSR count). The largest absolute Gasteiger partial charge is 0.506 e. The first-order chi connectivity index (χ1) is 22.0. The predicted octanol–water partition coefficient (Wildman–Crippen LogP) is 4.57. The highest BCUT2D eigenvalue weighted by Gasteiger charge is 2.52. The second-order valence-electron chi connectivity index (χ2n) is 12.3. The average molecular weight is 653 g/mol. The van der Waals surface area contributed by atoms with Crippen molar-refractivity contribution >= 4 is 28.1 Å². The Hall–Kier alpha value is -3.68. The number of ether oxygens (including phenoxy) is 1. The Morgan fingerprint density at radius 2 is 1.87 bits per heavy atom. The van der Waals surface area contributed by atoms with Crippen LogP contribution in [-0.4, -0.2) is 81.9 Å². The third kappa shape index (κ3) is 7.31. The summed E-state index contributed by atoms with van der Waals surface area (Å²) in [5.41, 5.74) is 1.77. The number of carbonyl (C=O) groups excluding carboxylic acids is 1. The molecule has 1 atom stereocenters. The van der Waals surface area contributed by atoms with Crippen LogP contribution in [0.4, 0.5) is 8.78 Å². The fraction of sp³-hybridized carbons (Fsp3) is 0.412. The summed E-state index contributed by atoms with van der Waals surface area (Å²) < 4.78 is 34.8. The lowest BCUT2D eigenvalue weighted by Gasteiger charge is -2.49. The number of aliphatic hydroxyl groups excluding tert-OH is 1. The monoisotopic (exact) mass is 652 g/mol. The number of thiophene rings is 1. The number of rotatable bonds is 9. The summed E-state index contributed by atoms with van der Waals surface area (Å²) in [4.78, 5) is 32.2. The van der Waals surface area contributed by atoms with Gasteiger partial charge in [-0.1, -0.05) is 30.3 Å². The molecule has 0 aliphatic carbocycles. The first-order valence-electron chi connectivity index (χ1n) is 15.5. The second-order valence-corrected chi connectivity index (χ2v) is 13.6. The fourth-order valence-corrected chi connectivity index (χ4v) is 7.34. The number of phenols is 1. The number of hydrogen-bond donors (Lipinski definition) is 4. The maximum atomic E-state index is 14.7. The molecule has 2 fully saturated rings. The number of phenolic OH excluding ortho intramolecular Hbond substituents is 1. The molecule has 1 spiro atoms. The van der Waals surface area contributed by atoms with Gasteiger partial charge in [0.2, 0.25) is 5.56 Å². The Bertz CT molecular complexity index is 1770. The van der Waals surface area contributed by atoms with Crippen molar-refractivity contribution in [2.24, 2.45) is 0 Å². The summed E-state index contributed by atoms with van der Waals surface area (Å²) in [6.07, 6.45) is -2.66. The number of piperidine rings is 1. The maximum absolute atomic E-state index is 14.7. The highest BCUT2D eigenvalue weighted by Crippen LogP contribution is 2.39. The number of H-pyrrole nitrogens is 1. The minimum absolute atomic E-state index is 0.0487. The topological polar surface area (TPSA) is 118 Å². The summed E-state index contributed by atoms with van der Waals surface area (Å²) in [5, 5.41) is 24.8. The number of halogens is 2. The van der Waals surface area contributed by atoms with E-state index in [1.165, 1.54) is 28.4 Å². The molecule has 4 aromatic rings. The number of aryl methyl sites for hydroxylation is 1. The molecule has 2 aliphatic heterocycles.